The first-order chi connectivity index (χ1) is 7.80. The van der Waals surface area contributed by atoms with E-state index in [1.807, 2.05) is 0 Å². The summed E-state index contributed by atoms with van der Waals surface area (Å²) < 4.78 is 28.1. The second kappa shape index (κ2) is 7.38. The number of benzene rings is 1. The van der Waals surface area contributed by atoms with Crippen LogP contribution < -0.4 is 5.73 Å². The Hall–Kier alpha value is -0.960. The van der Waals surface area contributed by atoms with Crippen molar-refractivity contribution in [1.29, 1.82) is 0 Å². The van der Waals surface area contributed by atoms with Gasteiger partial charge in [-0.3, -0.25) is 9.35 Å². The smallest absolute Gasteiger partial charge is 0.266 e. The molecule has 0 aliphatic heterocycles. The van der Waals surface area contributed by atoms with Crippen LogP contribution >= 0.6 is 15.9 Å². The number of rotatable bonds is 3. The van der Waals surface area contributed by atoms with Crippen molar-refractivity contribution in [1.82, 2.24) is 0 Å². The van der Waals surface area contributed by atoms with Gasteiger partial charge in [0.2, 0.25) is 0 Å². The van der Waals surface area contributed by atoms with Crippen molar-refractivity contribution >= 4 is 32.3 Å². The second-order valence-corrected chi connectivity index (χ2v) is 5.38. The molecular formula is C9H12BrNO5S. The molecule has 0 fully saturated rings. The van der Waals surface area contributed by atoms with Crippen LogP contribution in [-0.4, -0.2) is 36.7 Å². The van der Waals surface area contributed by atoms with Gasteiger partial charge in [0.15, 0.2) is 6.29 Å². The molecule has 6 nitrogen and oxygen atoms in total. The van der Waals surface area contributed by atoms with E-state index in [4.69, 9.17) is 15.4 Å². The average molecular weight is 326 g/mol. The molecule has 0 saturated heterocycles. The Labute approximate surface area is 107 Å². The monoisotopic (exact) mass is 325 g/mol. The summed E-state index contributed by atoms with van der Waals surface area (Å²) in [6, 6.07) is 4.69. The molecule has 0 radical (unpaired) electrons. The maximum atomic E-state index is 10.2. The van der Waals surface area contributed by atoms with Crippen molar-refractivity contribution in [3.8, 4) is 5.75 Å². The van der Waals surface area contributed by atoms with Crippen LogP contribution in [0.5, 0.6) is 5.75 Å². The number of phenolic OH excluding ortho intramolecular Hbond substituents is 1. The number of halogens is 1. The van der Waals surface area contributed by atoms with Gasteiger partial charge in [-0.1, -0.05) is 15.9 Å². The molecule has 0 bridgehead atoms. The average Bonchev–Trinajstić information content (AvgIpc) is 2.21. The summed E-state index contributed by atoms with van der Waals surface area (Å²) in [7, 11) is -3.80. The van der Waals surface area contributed by atoms with E-state index >= 15 is 0 Å². The Kier molecular flexibility index (Phi) is 6.97. The Morgan fingerprint density at radius 3 is 2.29 bits per heavy atom. The van der Waals surface area contributed by atoms with E-state index < -0.39 is 10.1 Å². The highest BCUT2D eigenvalue weighted by Gasteiger charge is 1.98. The topological polar surface area (TPSA) is 118 Å². The van der Waals surface area contributed by atoms with E-state index in [0.29, 0.717) is 11.8 Å². The van der Waals surface area contributed by atoms with Crippen molar-refractivity contribution < 1.29 is 22.9 Å². The number of nitrogens with two attached hydrogens (primary N) is 1. The molecule has 1 rings (SSSR count). The van der Waals surface area contributed by atoms with Gasteiger partial charge in [-0.2, -0.15) is 8.42 Å². The molecule has 17 heavy (non-hydrogen) atoms. The highest BCUT2D eigenvalue weighted by Crippen LogP contribution is 2.19. The Morgan fingerprint density at radius 1 is 1.41 bits per heavy atom. The molecular weight excluding hydrogens is 314 g/mol. The third kappa shape index (κ3) is 7.86. The Bertz CT molecular complexity index is 474. The molecule has 0 unspecified atom stereocenters. The maximum absolute atomic E-state index is 10.2. The largest absolute Gasteiger partial charge is 0.507 e. The maximum Gasteiger partial charge on any atom is 0.266 e. The molecule has 8 heteroatoms. The molecule has 0 spiro atoms. The van der Waals surface area contributed by atoms with Gasteiger partial charge in [0.1, 0.15) is 5.75 Å². The van der Waals surface area contributed by atoms with Crippen LogP contribution in [0.4, 0.5) is 0 Å². The van der Waals surface area contributed by atoms with Gasteiger partial charge in [0.05, 0.1) is 11.3 Å². The summed E-state index contributed by atoms with van der Waals surface area (Å²) in [5.74, 6) is -0.342. The highest BCUT2D eigenvalue weighted by atomic mass is 79.9. The third-order valence-electron chi connectivity index (χ3n) is 1.49. The molecule has 4 N–H and O–H groups in total. The molecule has 0 aromatic heterocycles. The first kappa shape index (κ1) is 16.0. The Morgan fingerprint density at radius 2 is 2.00 bits per heavy atom. The number of phenols is 1. The molecule has 0 amide bonds. The van der Waals surface area contributed by atoms with Crippen LogP contribution in [0.3, 0.4) is 0 Å². The van der Waals surface area contributed by atoms with E-state index in [2.05, 4.69) is 15.9 Å². The summed E-state index contributed by atoms with van der Waals surface area (Å²) in [4.78, 5) is 10.2. The number of hydrogen-bond acceptors (Lipinski definition) is 5. The summed E-state index contributed by atoms with van der Waals surface area (Å²) in [6.07, 6.45) is 0.611. The fourth-order valence-electron chi connectivity index (χ4n) is 0.769. The summed E-state index contributed by atoms with van der Waals surface area (Å²) in [6.45, 7) is -0.0289. The molecule has 0 aliphatic rings. The second-order valence-electron chi connectivity index (χ2n) is 2.90. The van der Waals surface area contributed by atoms with Crippen molar-refractivity contribution in [2.24, 2.45) is 5.73 Å². The van der Waals surface area contributed by atoms with E-state index in [9.17, 15) is 13.2 Å². The predicted molar refractivity (Wildman–Crippen MR) is 66.7 cm³/mol. The van der Waals surface area contributed by atoms with Crippen LogP contribution in [-0.2, 0) is 10.1 Å². The van der Waals surface area contributed by atoms with E-state index in [-0.39, 0.29) is 18.0 Å². The molecule has 0 saturated carbocycles. The van der Waals surface area contributed by atoms with Gasteiger partial charge in [-0.05, 0) is 18.2 Å². The van der Waals surface area contributed by atoms with E-state index in [0.717, 1.165) is 4.47 Å². The molecule has 1 aromatic rings. The zero-order valence-corrected chi connectivity index (χ0v) is 11.1. The summed E-state index contributed by atoms with van der Waals surface area (Å²) in [5.41, 5.74) is 5.08. The molecule has 0 heterocycles. The lowest BCUT2D eigenvalue weighted by Crippen LogP contribution is -2.13. The van der Waals surface area contributed by atoms with Crippen LogP contribution in [0.2, 0.25) is 0 Å². The lowest BCUT2D eigenvalue weighted by atomic mass is 10.2. The first-order valence-corrected chi connectivity index (χ1v) is 6.79. The third-order valence-corrected chi connectivity index (χ3v) is 2.74. The molecule has 96 valence electrons. The number of aromatic hydroxyl groups is 1. The van der Waals surface area contributed by atoms with Crippen molar-refractivity contribution in [3.63, 3.8) is 0 Å². The van der Waals surface area contributed by atoms with Crippen LogP contribution in [0.25, 0.3) is 0 Å². The SMILES string of the molecule is NCCS(=O)(=O)O.O=Cc1cc(Br)ccc1O. The number of carbonyl (C=O) groups is 1. The van der Waals surface area contributed by atoms with Crippen molar-refractivity contribution in [2.45, 2.75) is 0 Å². The van der Waals surface area contributed by atoms with Gasteiger partial charge in [-0.25, -0.2) is 0 Å². The predicted octanol–water partition coefficient (Wildman–Crippen LogP) is 0.800. The van der Waals surface area contributed by atoms with Gasteiger partial charge < -0.3 is 10.8 Å². The van der Waals surface area contributed by atoms with Crippen molar-refractivity contribution in [2.75, 3.05) is 12.3 Å². The number of carbonyl (C=O) groups excluding carboxylic acids is 1. The number of hydrogen-bond donors (Lipinski definition) is 3. The van der Waals surface area contributed by atoms with Gasteiger partial charge >= 0.3 is 0 Å². The van der Waals surface area contributed by atoms with Gasteiger partial charge in [0.25, 0.3) is 10.1 Å². The quantitative estimate of drug-likeness (QED) is 0.559. The summed E-state index contributed by atoms with van der Waals surface area (Å²) in [5, 5.41) is 8.98. The molecule has 0 aliphatic carbocycles. The van der Waals surface area contributed by atoms with E-state index in [1.165, 1.54) is 6.07 Å². The van der Waals surface area contributed by atoms with Crippen LogP contribution in [0, 0.1) is 0 Å². The highest BCUT2D eigenvalue weighted by molar-refractivity contribution is 9.10. The fraction of sp³-hybridized carbons (Fsp3) is 0.222. The van der Waals surface area contributed by atoms with Crippen LogP contribution in [0.1, 0.15) is 10.4 Å². The molecule has 1 aromatic carbocycles. The Balaban J connectivity index is 0.000000325. The van der Waals surface area contributed by atoms with Crippen molar-refractivity contribution in [3.05, 3.63) is 28.2 Å². The summed E-state index contributed by atoms with van der Waals surface area (Å²) >= 11 is 3.17. The van der Waals surface area contributed by atoms with Gasteiger partial charge in [0, 0.05) is 11.0 Å². The zero-order chi connectivity index (χ0) is 13.5. The molecule has 0 atom stereocenters. The standard InChI is InChI=1S/C7H5BrO2.C2H7NO3S/c8-6-1-2-7(10)5(3-6)4-9;3-1-2-7(4,5)6/h1-4,10H;1-3H2,(H,4,5,6). The minimum absolute atomic E-state index is 0.0122. The lowest BCUT2D eigenvalue weighted by molar-refractivity contribution is 0.112. The fourth-order valence-corrected chi connectivity index (χ4v) is 1.45. The number of aldehydes is 1. The minimum atomic E-state index is -3.80. The van der Waals surface area contributed by atoms with E-state index in [1.54, 1.807) is 12.1 Å². The lowest BCUT2D eigenvalue weighted by Gasteiger charge is -1.95. The normalized spacial score (nSPS) is 10.3. The van der Waals surface area contributed by atoms with Crippen LogP contribution in [0.15, 0.2) is 22.7 Å². The first-order valence-electron chi connectivity index (χ1n) is 4.39. The minimum Gasteiger partial charge on any atom is -0.507 e. The zero-order valence-electron chi connectivity index (χ0n) is 8.71. The van der Waals surface area contributed by atoms with Gasteiger partial charge in [-0.15, -0.1) is 0 Å².